The van der Waals surface area contributed by atoms with Crippen LogP contribution in [0.25, 0.3) is 0 Å². The molecule has 0 aliphatic rings. The maximum absolute atomic E-state index is 4.82. The molecule has 0 aliphatic heterocycles. The fourth-order valence-corrected chi connectivity index (χ4v) is 3.58. The van der Waals surface area contributed by atoms with E-state index in [4.69, 9.17) is 4.99 Å². The van der Waals surface area contributed by atoms with Crippen molar-refractivity contribution >= 4 is 5.96 Å². The number of aryl methyl sites for hydroxylation is 1. The first-order valence-corrected chi connectivity index (χ1v) is 10.9. The molecular weight excluding hydrogens is 384 g/mol. The van der Waals surface area contributed by atoms with Gasteiger partial charge in [0, 0.05) is 38.5 Å². The van der Waals surface area contributed by atoms with E-state index in [-0.39, 0.29) is 0 Å². The molecule has 162 valence electrons. The van der Waals surface area contributed by atoms with Gasteiger partial charge < -0.3 is 15.2 Å². The zero-order valence-electron chi connectivity index (χ0n) is 18.2. The van der Waals surface area contributed by atoms with E-state index in [1.54, 1.807) is 6.33 Å². The number of benzene rings is 2. The van der Waals surface area contributed by atoms with Gasteiger partial charge in [-0.1, -0.05) is 73.7 Å². The van der Waals surface area contributed by atoms with Crippen LogP contribution in [0.3, 0.4) is 0 Å². The number of hydrogen-bond donors (Lipinski definition) is 2. The third kappa shape index (κ3) is 6.81. The minimum atomic E-state index is 0.316. The van der Waals surface area contributed by atoms with Crippen LogP contribution in [0.2, 0.25) is 0 Å². The average molecular weight is 417 g/mol. The first-order chi connectivity index (χ1) is 15.3. The Labute approximate surface area is 185 Å². The summed E-state index contributed by atoms with van der Waals surface area (Å²) in [5.74, 6) is 2.11. The Morgan fingerprint density at radius 3 is 2.35 bits per heavy atom. The van der Waals surface area contributed by atoms with Gasteiger partial charge in [-0.05, 0) is 17.5 Å². The molecule has 0 radical (unpaired) electrons. The molecule has 0 fully saturated rings. The average Bonchev–Trinajstić information content (AvgIpc) is 3.28. The number of nitrogens with zero attached hydrogens (tertiary/aromatic N) is 4. The van der Waals surface area contributed by atoms with E-state index in [0.717, 1.165) is 37.7 Å². The van der Waals surface area contributed by atoms with Crippen molar-refractivity contribution in [3.8, 4) is 0 Å². The van der Waals surface area contributed by atoms with E-state index in [9.17, 15) is 0 Å². The van der Waals surface area contributed by atoms with Gasteiger partial charge in [-0.15, -0.1) is 16.8 Å². The van der Waals surface area contributed by atoms with E-state index in [1.165, 1.54) is 11.1 Å². The molecule has 6 heteroatoms. The van der Waals surface area contributed by atoms with Crippen LogP contribution in [-0.4, -0.2) is 40.4 Å². The monoisotopic (exact) mass is 416 g/mol. The minimum Gasteiger partial charge on any atom is -0.355 e. The summed E-state index contributed by atoms with van der Waals surface area (Å²) in [6.45, 7) is 8.80. The second kappa shape index (κ2) is 12.3. The zero-order valence-corrected chi connectivity index (χ0v) is 18.2. The summed E-state index contributed by atoms with van der Waals surface area (Å²) in [5, 5.41) is 14.9. The number of aromatic nitrogens is 3. The summed E-state index contributed by atoms with van der Waals surface area (Å²) < 4.78 is 2.07. The van der Waals surface area contributed by atoms with Crippen molar-refractivity contribution in [1.29, 1.82) is 0 Å². The largest absolute Gasteiger partial charge is 0.355 e. The lowest BCUT2D eigenvalue weighted by Crippen LogP contribution is -2.39. The fraction of sp³-hybridized carbons (Fsp3) is 0.320. The van der Waals surface area contributed by atoms with Crippen LogP contribution >= 0.6 is 0 Å². The van der Waals surface area contributed by atoms with Crippen LogP contribution in [0, 0.1) is 0 Å². The predicted octanol–water partition coefficient (Wildman–Crippen LogP) is 3.78. The van der Waals surface area contributed by atoms with E-state index in [1.807, 2.05) is 6.08 Å². The molecule has 0 saturated carbocycles. The number of rotatable bonds is 11. The minimum absolute atomic E-state index is 0.316. The first kappa shape index (κ1) is 22.3. The molecule has 2 aromatic carbocycles. The Hall–Kier alpha value is -3.41. The number of aliphatic imine (C=N–C) groups is 1. The van der Waals surface area contributed by atoms with Crippen LogP contribution < -0.4 is 10.6 Å². The maximum Gasteiger partial charge on any atom is 0.191 e. The second-order valence-electron chi connectivity index (χ2n) is 7.28. The molecule has 0 spiro atoms. The topological polar surface area (TPSA) is 67.1 Å². The van der Waals surface area contributed by atoms with Gasteiger partial charge in [-0.25, -0.2) is 0 Å². The van der Waals surface area contributed by atoms with E-state index in [2.05, 4.69) is 99.6 Å². The van der Waals surface area contributed by atoms with E-state index >= 15 is 0 Å². The van der Waals surface area contributed by atoms with Crippen molar-refractivity contribution in [1.82, 2.24) is 25.4 Å². The van der Waals surface area contributed by atoms with Gasteiger partial charge in [-0.2, -0.15) is 0 Å². The van der Waals surface area contributed by atoms with Gasteiger partial charge in [-0.3, -0.25) is 4.99 Å². The van der Waals surface area contributed by atoms with Crippen molar-refractivity contribution < 1.29 is 0 Å². The van der Waals surface area contributed by atoms with E-state index in [0.29, 0.717) is 19.0 Å². The third-order valence-corrected chi connectivity index (χ3v) is 5.16. The molecule has 0 bridgehead atoms. The molecule has 0 unspecified atom stereocenters. The Morgan fingerprint density at radius 1 is 1.06 bits per heavy atom. The van der Waals surface area contributed by atoms with Gasteiger partial charge in [0.25, 0.3) is 0 Å². The number of nitrogens with one attached hydrogen (secondary N) is 2. The van der Waals surface area contributed by atoms with Gasteiger partial charge in [0.1, 0.15) is 12.2 Å². The van der Waals surface area contributed by atoms with Gasteiger partial charge >= 0.3 is 0 Å². The number of guanidine groups is 1. The highest BCUT2D eigenvalue weighted by atomic mass is 15.3. The molecule has 0 saturated heterocycles. The van der Waals surface area contributed by atoms with Crippen molar-refractivity contribution in [2.24, 2.45) is 4.99 Å². The highest BCUT2D eigenvalue weighted by Crippen LogP contribution is 2.27. The highest BCUT2D eigenvalue weighted by Gasteiger charge is 2.13. The second-order valence-corrected chi connectivity index (χ2v) is 7.28. The quantitative estimate of drug-likeness (QED) is 0.284. The summed E-state index contributed by atoms with van der Waals surface area (Å²) in [5.41, 5.74) is 2.63. The lowest BCUT2D eigenvalue weighted by molar-refractivity contribution is 0.632. The normalized spacial score (nSPS) is 11.5. The Balaban J connectivity index is 1.63. The SMILES string of the molecule is C=CCNC(=NCCC(c1ccccc1)c1ccccc1)NCCn1cnnc1CC. The van der Waals surface area contributed by atoms with Crippen molar-refractivity contribution in [3.05, 3.63) is 96.6 Å². The molecule has 2 N–H and O–H groups in total. The summed E-state index contributed by atoms with van der Waals surface area (Å²) >= 11 is 0. The molecule has 6 nitrogen and oxygen atoms in total. The Bertz CT molecular complexity index is 893. The Kier molecular flexibility index (Phi) is 8.86. The smallest absolute Gasteiger partial charge is 0.191 e. The Morgan fingerprint density at radius 2 is 1.74 bits per heavy atom. The summed E-state index contributed by atoms with van der Waals surface area (Å²) in [6, 6.07) is 21.3. The van der Waals surface area contributed by atoms with Crippen molar-refractivity contribution in [2.75, 3.05) is 19.6 Å². The molecule has 0 amide bonds. The molecule has 1 aromatic heterocycles. The zero-order chi connectivity index (χ0) is 21.7. The lowest BCUT2D eigenvalue weighted by Gasteiger charge is -2.18. The molecule has 31 heavy (non-hydrogen) atoms. The van der Waals surface area contributed by atoms with Crippen LogP contribution in [0.1, 0.15) is 36.2 Å². The molecule has 0 aliphatic carbocycles. The van der Waals surface area contributed by atoms with Crippen LogP contribution in [-0.2, 0) is 13.0 Å². The van der Waals surface area contributed by atoms with Crippen molar-refractivity contribution in [2.45, 2.75) is 32.2 Å². The first-order valence-electron chi connectivity index (χ1n) is 10.9. The van der Waals surface area contributed by atoms with Gasteiger partial charge in [0.05, 0.1) is 0 Å². The van der Waals surface area contributed by atoms with Crippen LogP contribution in [0.4, 0.5) is 0 Å². The predicted molar refractivity (Wildman–Crippen MR) is 127 cm³/mol. The fourth-order valence-electron chi connectivity index (χ4n) is 3.58. The van der Waals surface area contributed by atoms with Crippen LogP contribution in [0.15, 0.2) is 84.6 Å². The molecule has 1 heterocycles. The standard InChI is InChI=1S/C25H32N6/c1-3-16-26-25(28-18-19-31-20-29-30-24(31)4-2)27-17-15-23(21-11-7-5-8-12-21)22-13-9-6-10-14-22/h3,5-14,20,23H,1,4,15-19H2,2H3,(H2,26,27,28). The van der Waals surface area contributed by atoms with Crippen LogP contribution in [0.5, 0.6) is 0 Å². The number of hydrogen-bond acceptors (Lipinski definition) is 3. The summed E-state index contributed by atoms with van der Waals surface area (Å²) in [6.07, 6.45) is 5.41. The molecule has 0 atom stereocenters. The van der Waals surface area contributed by atoms with Crippen molar-refractivity contribution in [3.63, 3.8) is 0 Å². The maximum atomic E-state index is 4.82. The summed E-state index contributed by atoms with van der Waals surface area (Å²) in [7, 11) is 0. The molecule has 3 aromatic rings. The molecule has 3 rings (SSSR count). The summed E-state index contributed by atoms with van der Waals surface area (Å²) in [4.78, 5) is 4.82. The highest BCUT2D eigenvalue weighted by molar-refractivity contribution is 5.79. The van der Waals surface area contributed by atoms with Gasteiger partial charge in [0.2, 0.25) is 0 Å². The van der Waals surface area contributed by atoms with Gasteiger partial charge in [0.15, 0.2) is 5.96 Å². The third-order valence-electron chi connectivity index (χ3n) is 5.16. The lowest BCUT2D eigenvalue weighted by atomic mass is 9.89. The van der Waals surface area contributed by atoms with E-state index < -0.39 is 0 Å². The molecular formula is C25H32N6.